The quantitative estimate of drug-likeness (QED) is 0.481. The smallest absolute Gasteiger partial charge is 0.327 e. The molecule has 0 aromatic heterocycles. The normalized spacial score (nSPS) is 28.9. The molecule has 140 valence electrons. The molecule has 4 rings (SSSR count). The molecule has 2 atom stereocenters. The molecule has 2 aromatic rings. The van der Waals surface area contributed by atoms with Gasteiger partial charge in [-0.05, 0) is 11.1 Å². The maximum absolute atomic E-state index is 12.8. The van der Waals surface area contributed by atoms with Gasteiger partial charge in [-0.3, -0.25) is 9.59 Å². The summed E-state index contributed by atoms with van der Waals surface area (Å²) >= 11 is 0. The highest BCUT2D eigenvalue weighted by atomic mass is 17.2. The summed E-state index contributed by atoms with van der Waals surface area (Å²) in [7, 11) is 1.17. The second kappa shape index (κ2) is 6.16. The molecule has 0 unspecified atom stereocenters. The van der Waals surface area contributed by atoms with Gasteiger partial charge in [0.15, 0.2) is 5.60 Å². The molecule has 2 aliphatic rings. The number of methoxy groups -OCH3 is 1. The van der Waals surface area contributed by atoms with Gasteiger partial charge < -0.3 is 15.2 Å². The van der Waals surface area contributed by atoms with E-state index in [-0.39, 0.29) is 13.0 Å². The van der Waals surface area contributed by atoms with Crippen LogP contribution < -0.4 is 5.32 Å². The van der Waals surface area contributed by atoms with Crippen LogP contribution in [0.1, 0.15) is 17.5 Å². The number of esters is 1. The standard InChI is InChI=1S/C20H19NO6/c1-25-17(23)18-12-19(14-8-4-2-5-9-14,15-10-6-3-7-11-15)26-27-20(18,24)13-21-16(18)22/h2-11,24H,12-13H2,1H3,(H,21,22)/t18-,20+/m1/s1. The topological polar surface area (TPSA) is 94.1 Å². The van der Waals surface area contributed by atoms with E-state index in [0.717, 1.165) is 0 Å². The van der Waals surface area contributed by atoms with Crippen LogP contribution in [0.4, 0.5) is 0 Å². The number of hydrogen-bond donors (Lipinski definition) is 2. The van der Waals surface area contributed by atoms with Crippen molar-refractivity contribution in [2.75, 3.05) is 13.7 Å². The van der Waals surface area contributed by atoms with Gasteiger partial charge in [-0.25, -0.2) is 4.89 Å². The lowest BCUT2D eigenvalue weighted by Crippen LogP contribution is -2.63. The zero-order valence-corrected chi connectivity index (χ0v) is 14.7. The third kappa shape index (κ3) is 2.32. The summed E-state index contributed by atoms with van der Waals surface area (Å²) in [5.74, 6) is -3.69. The summed E-state index contributed by atoms with van der Waals surface area (Å²) in [6.07, 6.45) is -0.178. The first-order chi connectivity index (χ1) is 13.0. The summed E-state index contributed by atoms with van der Waals surface area (Å²) in [4.78, 5) is 36.7. The van der Waals surface area contributed by atoms with E-state index in [4.69, 9.17) is 14.5 Å². The molecular formula is C20H19NO6. The number of rotatable bonds is 3. The Labute approximate surface area is 155 Å². The molecule has 0 radical (unpaired) electrons. The predicted octanol–water partition coefficient (Wildman–Crippen LogP) is 1.26. The number of hydrogen-bond acceptors (Lipinski definition) is 6. The van der Waals surface area contributed by atoms with Gasteiger partial charge in [-0.1, -0.05) is 60.7 Å². The number of ether oxygens (including phenoxy) is 1. The van der Waals surface area contributed by atoms with Crippen LogP contribution in [0.2, 0.25) is 0 Å². The van der Waals surface area contributed by atoms with Gasteiger partial charge in [-0.15, -0.1) is 0 Å². The fraction of sp³-hybridized carbons (Fsp3) is 0.300. The fourth-order valence-electron chi connectivity index (χ4n) is 3.92. The molecule has 0 aliphatic carbocycles. The van der Waals surface area contributed by atoms with Crippen LogP contribution in [-0.2, 0) is 29.7 Å². The Kier molecular flexibility index (Phi) is 4.03. The number of aliphatic hydroxyl groups is 1. The summed E-state index contributed by atoms with van der Waals surface area (Å²) in [6, 6.07) is 18.3. The Morgan fingerprint density at radius 2 is 1.59 bits per heavy atom. The maximum atomic E-state index is 12.8. The van der Waals surface area contributed by atoms with E-state index >= 15 is 0 Å². The lowest BCUT2D eigenvalue weighted by atomic mass is 9.67. The van der Waals surface area contributed by atoms with Gasteiger partial charge in [0, 0.05) is 6.42 Å². The largest absolute Gasteiger partial charge is 0.468 e. The van der Waals surface area contributed by atoms with E-state index in [0.29, 0.717) is 11.1 Å². The third-order valence-corrected chi connectivity index (χ3v) is 5.39. The average Bonchev–Trinajstić information content (AvgIpc) is 3.00. The Hall–Kier alpha value is -2.74. The van der Waals surface area contributed by atoms with Crippen LogP contribution in [0.15, 0.2) is 60.7 Å². The minimum absolute atomic E-state index is 0.178. The van der Waals surface area contributed by atoms with E-state index < -0.39 is 28.7 Å². The second-order valence-electron chi connectivity index (χ2n) is 6.77. The van der Waals surface area contributed by atoms with Crippen molar-refractivity contribution in [2.24, 2.45) is 5.41 Å². The Balaban J connectivity index is 1.94. The van der Waals surface area contributed by atoms with Gasteiger partial charge in [-0.2, -0.15) is 4.89 Å². The first-order valence-electron chi connectivity index (χ1n) is 8.55. The van der Waals surface area contributed by atoms with Crippen LogP contribution in [-0.4, -0.2) is 36.4 Å². The first-order valence-corrected chi connectivity index (χ1v) is 8.55. The van der Waals surface area contributed by atoms with Crippen molar-refractivity contribution < 1.29 is 29.2 Å². The van der Waals surface area contributed by atoms with Crippen molar-refractivity contribution in [3.05, 3.63) is 71.8 Å². The van der Waals surface area contributed by atoms with Crippen molar-refractivity contribution in [1.82, 2.24) is 5.32 Å². The zero-order chi connectivity index (χ0) is 19.1. The highest BCUT2D eigenvalue weighted by molar-refractivity contribution is 6.06. The molecule has 2 heterocycles. The predicted molar refractivity (Wildman–Crippen MR) is 92.9 cm³/mol. The van der Waals surface area contributed by atoms with Crippen molar-refractivity contribution in [1.29, 1.82) is 0 Å². The molecule has 0 saturated carbocycles. The third-order valence-electron chi connectivity index (χ3n) is 5.39. The minimum atomic E-state index is -2.16. The number of benzene rings is 2. The minimum Gasteiger partial charge on any atom is -0.468 e. The van der Waals surface area contributed by atoms with Crippen molar-refractivity contribution >= 4 is 11.9 Å². The maximum Gasteiger partial charge on any atom is 0.327 e. The van der Waals surface area contributed by atoms with Crippen molar-refractivity contribution in [3.63, 3.8) is 0 Å². The molecule has 2 saturated heterocycles. The van der Waals surface area contributed by atoms with E-state index in [2.05, 4.69) is 5.32 Å². The Morgan fingerprint density at radius 1 is 1.04 bits per heavy atom. The number of nitrogens with one attached hydrogen (secondary N) is 1. The van der Waals surface area contributed by atoms with Crippen LogP contribution >= 0.6 is 0 Å². The highest BCUT2D eigenvalue weighted by Crippen LogP contribution is 2.55. The van der Waals surface area contributed by atoms with Crippen LogP contribution in [0.25, 0.3) is 0 Å². The lowest BCUT2D eigenvalue weighted by Gasteiger charge is -2.48. The van der Waals surface area contributed by atoms with Gasteiger partial charge in [0.1, 0.15) is 0 Å². The Bertz CT molecular complexity index is 831. The van der Waals surface area contributed by atoms with E-state index in [1.54, 1.807) is 0 Å². The number of fused-ring (bicyclic) bond motifs is 1. The van der Waals surface area contributed by atoms with E-state index in [1.807, 2.05) is 60.7 Å². The molecule has 7 nitrogen and oxygen atoms in total. The van der Waals surface area contributed by atoms with Crippen LogP contribution in [0.5, 0.6) is 0 Å². The summed E-state index contributed by atoms with van der Waals surface area (Å²) in [6.45, 7) is -0.277. The van der Waals surface area contributed by atoms with Crippen LogP contribution in [0, 0.1) is 5.41 Å². The van der Waals surface area contributed by atoms with Gasteiger partial charge in [0.2, 0.25) is 17.1 Å². The van der Waals surface area contributed by atoms with Crippen molar-refractivity contribution in [2.45, 2.75) is 17.8 Å². The molecule has 0 bridgehead atoms. The molecule has 2 aliphatic heterocycles. The molecular weight excluding hydrogens is 350 g/mol. The molecule has 2 aromatic carbocycles. The number of carbonyl (C=O) groups is 2. The zero-order valence-electron chi connectivity index (χ0n) is 14.7. The van der Waals surface area contributed by atoms with Gasteiger partial charge in [0.05, 0.1) is 13.7 Å². The summed E-state index contributed by atoms with van der Waals surface area (Å²) in [5.41, 5.74) is -1.89. The Morgan fingerprint density at radius 3 is 2.11 bits per heavy atom. The average molecular weight is 369 g/mol. The molecule has 0 spiro atoms. The number of amides is 1. The van der Waals surface area contributed by atoms with E-state index in [1.165, 1.54) is 7.11 Å². The lowest BCUT2D eigenvalue weighted by molar-refractivity contribution is -0.496. The highest BCUT2D eigenvalue weighted by Gasteiger charge is 2.74. The molecule has 27 heavy (non-hydrogen) atoms. The SMILES string of the molecule is COC(=O)[C@]12CC(c3ccccc3)(c3ccccc3)OO[C@@]1(O)CNC2=O. The number of β-amino-alcohol motifs (C(OH)–C–C–N with tert-alkyl or cyclic N) is 1. The summed E-state index contributed by atoms with van der Waals surface area (Å²) < 4.78 is 4.90. The molecule has 2 N–H and O–H groups in total. The molecule has 7 heteroatoms. The van der Waals surface area contributed by atoms with Crippen molar-refractivity contribution in [3.8, 4) is 0 Å². The van der Waals surface area contributed by atoms with E-state index in [9.17, 15) is 14.7 Å². The first kappa shape index (κ1) is 17.7. The van der Waals surface area contributed by atoms with Crippen LogP contribution in [0.3, 0.4) is 0 Å². The summed E-state index contributed by atoms with van der Waals surface area (Å²) in [5, 5.41) is 13.4. The second-order valence-corrected chi connectivity index (χ2v) is 6.77. The molecule has 2 fully saturated rings. The number of carbonyl (C=O) groups excluding carboxylic acids is 2. The fourth-order valence-corrected chi connectivity index (χ4v) is 3.92. The monoisotopic (exact) mass is 369 g/mol. The van der Waals surface area contributed by atoms with Gasteiger partial charge >= 0.3 is 5.97 Å². The van der Waals surface area contributed by atoms with Gasteiger partial charge in [0.25, 0.3) is 0 Å². The molecule has 1 amide bonds.